The van der Waals surface area contributed by atoms with Crippen molar-refractivity contribution in [3.8, 4) is 16.9 Å². The van der Waals surface area contributed by atoms with Crippen molar-refractivity contribution in [1.29, 1.82) is 0 Å². The summed E-state index contributed by atoms with van der Waals surface area (Å²) in [6.45, 7) is 1.95. The van der Waals surface area contributed by atoms with E-state index in [1.807, 2.05) is 24.4 Å². The van der Waals surface area contributed by atoms with Crippen LogP contribution in [0.2, 0.25) is 5.02 Å². The molecule has 0 aliphatic heterocycles. The second-order valence-electron chi connectivity index (χ2n) is 4.11. The minimum Gasteiger partial charge on any atom is -0.507 e. The van der Waals surface area contributed by atoms with Crippen molar-refractivity contribution in [2.45, 2.75) is 6.92 Å². The number of phenols is 1. The highest BCUT2D eigenvalue weighted by molar-refractivity contribution is 7.17. The average Bonchev–Trinajstić information content (AvgIpc) is 2.79. The number of benzene rings is 1. The van der Waals surface area contributed by atoms with Gasteiger partial charge in [-0.25, -0.2) is 0 Å². The lowest BCUT2D eigenvalue weighted by atomic mass is 10.0. The number of aromatic hydroxyl groups is 1. The number of fused-ring (bicyclic) bond motifs is 1. The Morgan fingerprint density at radius 3 is 2.83 bits per heavy atom. The van der Waals surface area contributed by atoms with E-state index in [9.17, 15) is 5.11 Å². The molecule has 3 aromatic rings. The topological polar surface area (TPSA) is 33.1 Å². The van der Waals surface area contributed by atoms with E-state index in [2.05, 4.69) is 4.98 Å². The molecule has 4 heteroatoms. The molecular formula is C14H10ClNOS. The van der Waals surface area contributed by atoms with Gasteiger partial charge >= 0.3 is 0 Å². The Balaban J connectivity index is 2.37. The molecule has 0 spiro atoms. The molecular weight excluding hydrogens is 266 g/mol. The summed E-state index contributed by atoms with van der Waals surface area (Å²) in [5.41, 5.74) is 3.61. The van der Waals surface area contributed by atoms with Crippen molar-refractivity contribution in [2.75, 3.05) is 0 Å². The maximum absolute atomic E-state index is 10.0. The Morgan fingerprint density at radius 2 is 2.00 bits per heavy atom. The molecule has 0 atom stereocenters. The number of halogens is 1. The maximum Gasteiger partial charge on any atom is 0.123 e. The minimum absolute atomic E-state index is 0.236. The average molecular weight is 276 g/mol. The Hall–Kier alpha value is -1.58. The summed E-state index contributed by atoms with van der Waals surface area (Å²) in [6.07, 6.45) is 0. The van der Waals surface area contributed by atoms with E-state index in [1.165, 1.54) is 0 Å². The van der Waals surface area contributed by atoms with Crippen LogP contribution in [-0.4, -0.2) is 10.1 Å². The van der Waals surface area contributed by atoms with Crippen LogP contribution in [0.1, 0.15) is 5.69 Å². The fraction of sp³-hybridized carbons (Fsp3) is 0.0714. The van der Waals surface area contributed by atoms with Gasteiger partial charge in [0.25, 0.3) is 0 Å². The summed E-state index contributed by atoms with van der Waals surface area (Å²) in [5, 5.41) is 12.6. The number of nitrogens with zero attached hydrogens (tertiary/aromatic N) is 1. The lowest BCUT2D eigenvalue weighted by Gasteiger charge is -2.07. The predicted octanol–water partition coefficient (Wildman–Crippen LogP) is 4.63. The molecule has 0 fully saturated rings. The molecule has 1 aromatic carbocycles. The number of aryl methyl sites for hydroxylation is 1. The van der Waals surface area contributed by atoms with Crippen molar-refractivity contribution in [3.63, 3.8) is 0 Å². The largest absolute Gasteiger partial charge is 0.507 e. The highest BCUT2D eigenvalue weighted by Crippen LogP contribution is 2.38. The molecule has 0 amide bonds. The number of thiophene rings is 1. The van der Waals surface area contributed by atoms with Gasteiger partial charge < -0.3 is 5.11 Å². The van der Waals surface area contributed by atoms with Gasteiger partial charge in [0.15, 0.2) is 0 Å². The van der Waals surface area contributed by atoms with Gasteiger partial charge in [0, 0.05) is 21.8 Å². The second kappa shape index (κ2) is 4.26. The van der Waals surface area contributed by atoms with Crippen LogP contribution in [0.15, 0.2) is 35.7 Å². The molecule has 0 saturated heterocycles. The molecule has 0 aliphatic rings. The first-order chi connectivity index (χ1) is 8.65. The van der Waals surface area contributed by atoms with E-state index in [4.69, 9.17) is 11.6 Å². The standard InChI is InChI=1S/C14H10ClNOS/c1-8-6-11(14-12(16-8)4-5-18-14)10-7-9(15)2-3-13(10)17/h2-7,17H,1H3. The Morgan fingerprint density at radius 1 is 1.17 bits per heavy atom. The third-order valence-electron chi connectivity index (χ3n) is 2.79. The quantitative estimate of drug-likeness (QED) is 0.702. The van der Waals surface area contributed by atoms with Crippen LogP contribution < -0.4 is 0 Å². The number of pyridine rings is 1. The number of hydrogen-bond acceptors (Lipinski definition) is 3. The van der Waals surface area contributed by atoms with Gasteiger partial charge in [-0.3, -0.25) is 4.98 Å². The minimum atomic E-state index is 0.236. The second-order valence-corrected chi connectivity index (χ2v) is 5.46. The van der Waals surface area contributed by atoms with E-state index < -0.39 is 0 Å². The third-order valence-corrected chi connectivity index (χ3v) is 3.96. The Bertz CT molecular complexity index is 736. The van der Waals surface area contributed by atoms with Crippen molar-refractivity contribution >= 4 is 33.2 Å². The van der Waals surface area contributed by atoms with Gasteiger partial charge in [0.1, 0.15) is 5.75 Å². The fourth-order valence-corrected chi connectivity index (χ4v) is 3.05. The smallest absolute Gasteiger partial charge is 0.123 e. The zero-order valence-electron chi connectivity index (χ0n) is 9.64. The van der Waals surface area contributed by atoms with Gasteiger partial charge in [-0.15, -0.1) is 11.3 Å². The highest BCUT2D eigenvalue weighted by atomic mass is 35.5. The monoisotopic (exact) mass is 275 g/mol. The van der Waals surface area contributed by atoms with Gasteiger partial charge in [-0.2, -0.15) is 0 Å². The van der Waals surface area contributed by atoms with Gasteiger partial charge in [-0.1, -0.05) is 11.6 Å². The zero-order valence-corrected chi connectivity index (χ0v) is 11.2. The van der Waals surface area contributed by atoms with Crippen molar-refractivity contribution in [2.24, 2.45) is 0 Å². The van der Waals surface area contributed by atoms with Crippen molar-refractivity contribution in [3.05, 3.63) is 46.4 Å². The number of aromatic nitrogens is 1. The van der Waals surface area contributed by atoms with E-state index >= 15 is 0 Å². The van der Waals surface area contributed by atoms with Crippen LogP contribution in [0.4, 0.5) is 0 Å². The normalized spacial score (nSPS) is 11.0. The van der Waals surface area contributed by atoms with Gasteiger partial charge in [0.05, 0.1) is 10.2 Å². The van der Waals surface area contributed by atoms with Crippen LogP contribution in [-0.2, 0) is 0 Å². The lowest BCUT2D eigenvalue weighted by molar-refractivity contribution is 0.477. The summed E-state index contributed by atoms with van der Waals surface area (Å²) in [4.78, 5) is 4.47. The number of hydrogen-bond donors (Lipinski definition) is 1. The number of rotatable bonds is 1. The molecule has 90 valence electrons. The van der Waals surface area contributed by atoms with Crippen LogP contribution in [0, 0.1) is 6.92 Å². The molecule has 2 aromatic heterocycles. The van der Waals surface area contributed by atoms with E-state index in [1.54, 1.807) is 29.5 Å². The molecule has 3 rings (SSSR count). The van der Waals surface area contributed by atoms with Crippen LogP contribution in [0.3, 0.4) is 0 Å². The van der Waals surface area contributed by atoms with E-state index in [0.717, 1.165) is 27.0 Å². The molecule has 0 bridgehead atoms. The number of phenolic OH excluding ortho intramolecular Hbond substituents is 1. The maximum atomic E-state index is 10.0. The summed E-state index contributed by atoms with van der Waals surface area (Å²) in [7, 11) is 0. The summed E-state index contributed by atoms with van der Waals surface area (Å²) >= 11 is 7.62. The molecule has 18 heavy (non-hydrogen) atoms. The van der Waals surface area contributed by atoms with Crippen LogP contribution >= 0.6 is 22.9 Å². The van der Waals surface area contributed by atoms with E-state index in [-0.39, 0.29) is 5.75 Å². The van der Waals surface area contributed by atoms with Crippen molar-refractivity contribution in [1.82, 2.24) is 4.98 Å². The highest BCUT2D eigenvalue weighted by Gasteiger charge is 2.11. The van der Waals surface area contributed by atoms with Gasteiger partial charge in [0.2, 0.25) is 0 Å². The molecule has 0 radical (unpaired) electrons. The Kier molecular flexibility index (Phi) is 2.73. The first-order valence-electron chi connectivity index (χ1n) is 5.49. The van der Waals surface area contributed by atoms with Crippen LogP contribution in [0.25, 0.3) is 21.3 Å². The molecule has 2 heterocycles. The fourth-order valence-electron chi connectivity index (χ4n) is 2.01. The summed E-state index contributed by atoms with van der Waals surface area (Å²) in [6, 6.07) is 9.04. The molecule has 1 N–H and O–H groups in total. The summed E-state index contributed by atoms with van der Waals surface area (Å²) in [5.74, 6) is 0.236. The SMILES string of the molecule is Cc1cc(-c2cc(Cl)ccc2O)c2sccc2n1. The Labute approximate surface area is 113 Å². The van der Waals surface area contributed by atoms with Crippen molar-refractivity contribution < 1.29 is 5.11 Å². The third kappa shape index (κ3) is 1.85. The van der Waals surface area contributed by atoms with E-state index in [0.29, 0.717) is 5.02 Å². The lowest BCUT2D eigenvalue weighted by Crippen LogP contribution is -1.86. The first-order valence-corrected chi connectivity index (χ1v) is 6.74. The molecule has 2 nitrogen and oxygen atoms in total. The molecule has 0 unspecified atom stereocenters. The predicted molar refractivity (Wildman–Crippen MR) is 76.5 cm³/mol. The molecule has 0 saturated carbocycles. The van der Waals surface area contributed by atoms with Gasteiger partial charge in [-0.05, 0) is 42.6 Å². The summed E-state index contributed by atoms with van der Waals surface area (Å²) < 4.78 is 1.07. The molecule has 0 aliphatic carbocycles. The first kappa shape index (κ1) is 11.5. The van der Waals surface area contributed by atoms with Crippen LogP contribution in [0.5, 0.6) is 5.75 Å². The zero-order chi connectivity index (χ0) is 12.7.